The van der Waals surface area contributed by atoms with Gasteiger partial charge in [0, 0.05) is 0 Å². The summed E-state index contributed by atoms with van der Waals surface area (Å²) in [6, 6.07) is 7.52. The summed E-state index contributed by atoms with van der Waals surface area (Å²) in [5.74, 6) is 0.295. The fourth-order valence-corrected chi connectivity index (χ4v) is 1.54. The average molecular weight is 233 g/mol. The van der Waals surface area contributed by atoms with Crippen molar-refractivity contribution in [1.82, 2.24) is 9.78 Å². The van der Waals surface area contributed by atoms with Gasteiger partial charge in [-0.25, -0.2) is 4.68 Å². The van der Waals surface area contributed by atoms with Crippen molar-refractivity contribution in [3.8, 4) is 11.8 Å². The summed E-state index contributed by atoms with van der Waals surface area (Å²) in [6.45, 7) is 1.87. The molecule has 0 atom stereocenters. The quantitative estimate of drug-likeness (QED) is 0.820. The second kappa shape index (κ2) is 3.87. The number of hydrogen-bond acceptors (Lipinski definition) is 3. The zero-order valence-corrected chi connectivity index (χ0v) is 9.36. The zero-order valence-electron chi connectivity index (χ0n) is 8.61. The molecule has 0 amide bonds. The molecule has 5 heteroatoms. The van der Waals surface area contributed by atoms with Gasteiger partial charge in [-0.05, 0) is 30.7 Å². The van der Waals surface area contributed by atoms with E-state index in [0.29, 0.717) is 16.4 Å². The first-order chi connectivity index (χ1) is 7.61. The molecular weight excluding hydrogens is 224 g/mol. The molecule has 0 fully saturated rings. The van der Waals surface area contributed by atoms with Crippen LogP contribution in [0.4, 0.5) is 5.82 Å². The van der Waals surface area contributed by atoms with E-state index in [2.05, 4.69) is 11.2 Å². The van der Waals surface area contributed by atoms with Gasteiger partial charge >= 0.3 is 0 Å². The van der Waals surface area contributed by atoms with Gasteiger partial charge in [0.15, 0.2) is 5.82 Å². The first-order valence-corrected chi connectivity index (χ1v) is 5.01. The molecular formula is C11H9ClN4. The number of anilines is 1. The van der Waals surface area contributed by atoms with Crippen LogP contribution >= 0.6 is 11.6 Å². The van der Waals surface area contributed by atoms with E-state index in [1.54, 1.807) is 23.0 Å². The van der Waals surface area contributed by atoms with Gasteiger partial charge in [0.25, 0.3) is 0 Å². The Balaban J connectivity index is 2.50. The molecule has 1 heterocycles. The maximum atomic E-state index is 8.81. The zero-order chi connectivity index (χ0) is 11.7. The van der Waals surface area contributed by atoms with Crippen molar-refractivity contribution < 1.29 is 0 Å². The lowest BCUT2D eigenvalue weighted by Gasteiger charge is -2.03. The number of benzene rings is 1. The van der Waals surface area contributed by atoms with Crippen LogP contribution in [0.5, 0.6) is 0 Å². The summed E-state index contributed by atoms with van der Waals surface area (Å²) in [6.07, 6.45) is 1.64. The summed E-state index contributed by atoms with van der Waals surface area (Å²) in [5.41, 5.74) is 7.93. The second-order valence-electron chi connectivity index (χ2n) is 3.42. The average Bonchev–Trinajstić information content (AvgIpc) is 2.59. The van der Waals surface area contributed by atoms with E-state index in [1.165, 1.54) is 0 Å². The summed E-state index contributed by atoms with van der Waals surface area (Å²) >= 11 is 5.82. The molecule has 1 aromatic carbocycles. The number of nitrogens with two attached hydrogens (primary N) is 1. The lowest BCUT2D eigenvalue weighted by molar-refractivity contribution is 0.884. The Kier molecular flexibility index (Phi) is 2.55. The summed E-state index contributed by atoms with van der Waals surface area (Å²) in [7, 11) is 0. The van der Waals surface area contributed by atoms with E-state index in [9.17, 15) is 0 Å². The van der Waals surface area contributed by atoms with Gasteiger partial charge in [0.1, 0.15) is 5.02 Å². The van der Waals surface area contributed by atoms with E-state index in [4.69, 9.17) is 22.6 Å². The summed E-state index contributed by atoms with van der Waals surface area (Å²) in [4.78, 5) is 0. The molecule has 2 aromatic rings. The second-order valence-corrected chi connectivity index (χ2v) is 3.83. The van der Waals surface area contributed by atoms with E-state index in [0.717, 1.165) is 11.3 Å². The van der Waals surface area contributed by atoms with Crippen molar-refractivity contribution in [1.29, 1.82) is 5.26 Å². The Morgan fingerprint density at radius 3 is 2.75 bits per heavy atom. The number of rotatable bonds is 1. The molecule has 0 aliphatic carbocycles. The van der Waals surface area contributed by atoms with Crippen LogP contribution in [0.25, 0.3) is 5.69 Å². The SMILES string of the molecule is Cc1cc(-n2cc(Cl)c(N)n2)ccc1C#N. The fraction of sp³-hybridized carbons (Fsp3) is 0.0909. The lowest BCUT2D eigenvalue weighted by Crippen LogP contribution is -1.97. The molecule has 16 heavy (non-hydrogen) atoms. The Morgan fingerprint density at radius 1 is 1.50 bits per heavy atom. The maximum absolute atomic E-state index is 8.81. The van der Waals surface area contributed by atoms with Crippen LogP contribution in [0.1, 0.15) is 11.1 Å². The minimum absolute atomic E-state index is 0.295. The van der Waals surface area contributed by atoms with Gasteiger partial charge in [0.05, 0.1) is 23.5 Å². The molecule has 0 bridgehead atoms. The first-order valence-electron chi connectivity index (χ1n) is 4.63. The molecule has 0 saturated heterocycles. The van der Waals surface area contributed by atoms with Gasteiger partial charge in [-0.3, -0.25) is 0 Å². The molecule has 2 N–H and O–H groups in total. The molecule has 1 aromatic heterocycles. The Morgan fingerprint density at radius 2 is 2.25 bits per heavy atom. The van der Waals surface area contributed by atoms with Gasteiger partial charge in [-0.1, -0.05) is 11.6 Å². The first kappa shape index (κ1) is 10.5. The van der Waals surface area contributed by atoms with Crippen molar-refractivity contribution in [2.24, 2.45) is 0 Å². The topological polar surface area (TPSA) is 67.6 Å². The van der Waals surface area contributed by atoms with Crippen LogP contribution < -0.4 is 5.73 Å². The highest BCUT2D eigenvalue weighted by Gasteiger charge is 2.06. The highest BCUT2D eigenvalue weighted by atomic mass is 35.5. The van der Waals surface area contributed by atoms with E-state index in [1.807, 2.05) is 13.0 Å². The van der Waals surface area contributed by atoms with Gasteiger partial charge in [-0.15, -0.1) is 5.10 Å². The number of nitriles is 1. The highest BCUT2D eigenvalue weighted by molar-refractivity contribution is 6.32. The van der Waals surface area contributed by atoms with E-state index in [-0.39, 0.29) is 0 Å². The third-order valence-corrected chi connectivity index (χ3v) is 2.58. The molecule has 0 saturated carbocycles. The Bertz CT molecular complexity index is 561. The fourth-order valence-electron chi connectivity index (χ4n) is 1.41. The minimum Gasteiger partial charge on any atom is -0.381 e. The monoisotopic (exact) mass is 232 g/mol. The minimum atomic E-state index is 0.295. The molecule has 0 spiro atoms. The van der Waals surface area contributed by atoms with Crippen LogP contribution in [0.3, 0.4) is 0 Å². The van der Waals surface area contributed by atoms with Crippen molar-refractivity contribution in [3.05, 3.63) is 40.5 Å². The van der Waals surface area contributed by atoms with Crippen LogP contribution in [0.2, 0.25) is 5.02 Å². The van der Waals surface area contributed by atoms with Crippen molar-refractivity contribution in [3.63, 3.8) is 0 Å². The van der Waals surface area contributed by atoms with Crippen LogP contribution in [0.15, 0.2) is 24.4 Å². The van der Waals surface area contributed by atoms with Crippen molar-refractivity contribution in [2.45, 2.75) is 6.92 Å². The molecule has 80 valence electrons. The Labute approximate surface area is 97.9 Å². The molecule has 2 rings (SSSR count). The number of nitrogen functional groups attached to an aromatic ring is 1. The van der Waals surface area contributed by atoms with Crippen molar-refractivity contribution >= 4 is 17.4 Å². The number of nitrogens with zero attached hydrogens (tertiary/aromatic N) is 3. The Hall–Kier alpha value is -1.99. The number of aromatic nitrogens is 2. The number of halogens is 1. The smallest absolute Gasteiger partial charge is 0.164 e. The van der Waals surface area contributed by atoms with Crippen LogP contribution in [-0.2, 0) is 0 Å². The molecule has 0 unspecified atom stereocenters. The van der Waals surface area contributed by atoms with E-state index < -0.39 is 0 Å². The third-order valence-electron chi connectivity index (χ3n) is 2.29. The van der Waals surface area contributed by atoms with Gasteiger partial charge in [-0.2, -0.15) is 5.26 Å². The highest BCUT2D eigenvalue weighted by Crippen LogP contribution is 2.20. The molecule has 0 radical (unpaired) electrons. The normalized spacial score (nSPS) is 10.1. The van der Waals surface area contributed by atoms with E-state index >= 15 is 0 Å². The summed E-state index contributed by atoms with van der Waals surface area (Å²) in [5, 5.41) is 13.3. The largest absolute Gasteiger partial charge is 0.381 e. The standard InChI is InChI=1S/C11H9ClN4/c1-7-4-9(3-2-8(7)5-13)16-6-10(12)11(14)15-16/h2-4,6H,1H3,(H2,14,15). The number of aryl methyl sites for hydroxylation is 1. The van der Waals surface area contributed by atoms with Crippen LogP contribution in [0, 0.1) is 18.3 Å². The summed E-state index contributed by atoms with van der Waals surface area (Å²) < 4.78 is 1.59. The van der Waals surface area contributed by atoms with Gasteiger partial charge in [0.2, 0.25) is 0 Å². The molecule has 0 aliphatic rings. The number of hydrogen-bond donors (Lipinski definition) is 1. The lowest BCUT2D eigenvalue weighted by atomic mass is 10.1. The van der Waals surface area contributed by atoms with Crippen molar-refractivity contribution in [2.75, 3.05) is 5.73 Å². The van der Waals surface area contributed by atoms with Crippen LogP contribution in [-0.4, -0.2) is 9.78 Å². The predicted molar refractivity (Wildman–Crippen MR) is 62.4 cm³/mol. The van der Waals surface area contributed by atoms with Gasteiger partial charge < -0.3 is 5.73 Å². The molecule has 4 nitrogen and oxygen atoms in total. The predicted octanol–water partition coefficient (Wildman–Crippen LogP) is 2.29. The molecule has 0 aliphatic heterocycles. The maximum Gasteiger partial charge on any atom is 0.164 e. The third kappa shape index (κ3) is 1.73.